The molecule has 0 saturated carbocycles. The van der Waals surface area contributed by atoms with Gasteiger partial charge in [0.25, 0.3) is 5.91 Å². The lowest BCUT2D eigenvalue weighted by atomic mass is 9.82. The minimum atomic E-state index is -0.435. The van der Waals surface area contributed by atoms with Crippen molar-refractivity contribution in [2.24, 2.45) is 0 Å². The lowest BCUT2D eigenvalue weighted by molar-refractivity contribution is 0.0978. The Labute approximate surface area is 149 Å². The lowest BCUT2D eigenvalue weighted by Gasteiger charge is -2.20. The van der Waals surface area contributed by atoms with Crippen molar-refractivity contribution < 1.29 is 14.4 Å². The zero-order chi connectivity index (χ0) is 18.3. The molecule has 3 N–H and O–H groups in total. The van der Waals surface area contributed by atoms with Gasteiger partial charge in [0.15, 0.2) is 11.6 Å². The molecule has 0 aliphatic heterocycles. The molecule has 3 aromatic carbocycles. The second-order valence-corrected chi connectivity index (χ2v) is 5.97. The first-order chi connectivity index (χ1) is 12.6. The van der Waals surface area contributed by atoms with Gasteiger partial charge < -0.3 is 11.1 Å². The average Bonchev–Trinajstić information content (AvgIpc) is 2.66. The third kappa shape index (κ3) is 2.38. The number of nitrogen functional groups attached to an aromatic ring is 1. The molecule has 126 valence electrons. The maximum Gasteiger partial charge on any atom is 0.257 e. The van der Waals surface area contributed by atoms with Crippen LogP contribution in [0.2, 0.25) is 0 Å². The highest BCUT2D eigenvalue weighted by Crippen LogP contribution is 2.32. The highest BCUT2D eigenvalue weighted by Gasteiger charge is 2.32. The number of amides is 1. The molecule has 1 amide bonds. The predicted molar refractivity (Wildman–Crippen MR) is 98.6 cm³/mol. The van der Waals surface area contributed by atoms with E-state index in [1.54, 1.807) is 48.5 Å². The van der Waals surface area contributed by atoms with Gasteiger partial charge in [-0.2, -0.15) is 0 Å². The Morgan fingerprint density at radius 1 is 0.731 bits per heavy atom. The van der Waals surface area contributed by atoms with Crippen molar-refractivity contribution in [1.29, 1.82) is 0 Å². The summed E-state index contributed by atoms with van der Waals surface area (Å²) in [6.07, 6.45) is 0. The largest absolute Gasteiger partial charge is 0.397 e. The molecule has 26 heavy (non-hydrogen) atoms. The number of anilines is 2. The minimum Gasteiger partial charge on any atom is -0.397 e. The summed E-state index contributed by atoms with van der Waals surface area (Å²) < 4.78 is 0. The monoisotopic (exact) mass is 342 g/mol. The molecule has 5 nitrogen and oxygen atoms in total. The third-order valence-corrected chi connectivity index (χ3v) is 4.41. The third-order valence-electron chi connectivity index (χ3n) is 4.41. The highest BCUT2D eigenvalue weighted by molar-refractivity contribution is 6.31. The summed E-state index contributed by atoms with van der Waals surface area (Å²) >= 11 is 0. The molecule has 1 aliphatic rings. The van der Waals surface area contributed by atoms with E-state index in [0.29, 0.717) is 16.8 Å². The van der Waals surface area contributed by atoms with Crippen LogP contribution in [0.1, 0.15) is 42.2 Å². The number of para-hydroxylation sites is 1. The zero-order valence-corrected chi connectivity index (χ0v) is 13.7. The van der Waals surface area contributed by atoms with Crippen LogP contribution >= 0.6 is 0 Å². The van der Waals surface area contributed by atoms with Crippen LogP contribution in [0.15, 0.2) is 66.7 Å². The van der Waals surface area contributed by atoms with Crippen molar-refractivity contribution in [2.45, 2.75) is 0 Å². The normalized spacial score (nSPS) is 12.3. The molecule has 0 spiro atoms. The fourth-order valence-electron chi connectivity index (χ4n) is 3.13. The fourth-order valence-corrected chi connectivity index (χ4v) is 3.13. The van der Waals surface area contributed by atoms with E-state index in [1.807, 2.05) is 6.07 Å². The van der Waals surface area contributed by atoms with Crippen molar-refractivity contribution in [2.75, 3.05) is 11.1 Å². The topological polar surface area (TPSA) is 89.3 Å². The Hall–Kier alpha value is -3.73. The SMILES string of the molecule is Nc1c(C(=O)Nc2ccccc2)ccc2c1C(=O)c1ccccc1C2=O. The van der Waals surface area contributed by atoms with Gasteiger partial charge in [-0.1, -0.05) is 42.5 Å². The van der Waals surface area contributed by atoms with E-state index in [2.05, 4.69) is 5.32 Å². The maximum atomic E-state index is 12.8. The summed E-state index contributed by atoms with van der Waals surface area (Å²) in [5.74, 6) is -1.05. The van der Waals surface area contributed by atoms with Gasteiger partial charge in [-0.25, -0.2) is 0 Å². The van der Waals surface area contributed by atoms with Crippen LogP contribution in [-0.4, -0.2) is 17.5 Å². The number of rotatable bonds is 2. The van der Waals surface area contributed by atoms with Crippen LogP contribution in [0.5, 0.6) is 0 Å². The Balaban J connectivity index is 1.79. The summed E-state index contributed by atoms with van der Waals surface area (Å²) in [7, 11) is 0. The van der Waals surface area contributed by atoms with Gasteiger partial charge in [0, 0.05) is 22.4 Å². The molecule has 0 atom stereocenters. The van der Waals surface area contributed by atoms with Gasteiger partial charge in [-0.15, -0.1) is 0 Å². The van der Waals surface area contributed by atoms with Gasteiger partial charge in [-0.05, 0) is 24.3 Å². The Morgan fingerprint density at radius 2 is 1.35 bits per heavy atom. The molecule has 0 unspecified atom stereocenters. The summed E-state index contributed by atoms with van der Waals surface area (Å²) in [6, 6.07) is 18.5. The standard InChI is InChI=1S/C21H14N2O3/c22-18-16(21(26)23-12-6-2-1-3-7-12)11-10-15-17(18)20(25)14-9-5-4-8-13(14)19(15)24/h1-11H,22H2,(H,23,26). The van der Waals surface area contributed by atoms with Crippen LogP contribution in [0.4, 0.5) is 11.4 Å². The van der Waals surface area contributed by atoms with E-state index in [-0.39, 0.29) is 33.9 Å². The number of carbonyl (C=O) groups excluding carboxylic acids is 3. The molecule has 5 heteroatoms. The van der Waals surface area contributed by atoms with Crippen LogP contribution < -0.4 is 11.1 Å². The van der Waals surface area contributed by atoms with Gasteiger partial charge in [0.2, 0.25) is 0 Å². The van der Waals surface area contributed by atoms with Gasteiger partial charge in [-0.3, -0.25) is 14.4 Å². The van der Waals surface area contributed by atoms with Crippen molar-refractivity contribution >= 4 is 28.8 Å². The maximum absolute atomic E-state index is 12.8. The van der Waals surface area contributed by atoms with Gasteiger partial charge in [0.05, 0.1) is 16.8 Å². The van der Waals surface area contributed by atoms with Crippen molar-refractivity contribution in [1.82, 2.24) is 0 Å². The van der Waals surface area contributed by atoms with Crippen molar-refractivity contribution in [3.8, 4) is 0 Å². The Morgan fingerprint density at radius 3 is 2.04 bits per heavy atom. The smallest absolute Gasteiger partial charge is 0.257 e. The van der Waals surface area contributed by atoms with E-state index in [1.165, 1.54) is 12.1 Å². The van der Waals surface area contributed by atoms with Gasteiger partial charge in [0.1, 0.15) is 0 Å². The lowest BCUT2D eigenvalue weighted by Crippen LogP contribution is -2.24. The molecule has 0 heterocycles. The second kappa shape index (κ2) is 5.97. The van der Waals surface area contributed by atoms with Crippen molar-refractivity contribution in [3.63, 3.8) is 0 Å². The average molecular weight is 342 g/mol. The minimum absolute atomic E-state index is 0.0174. The second-order valence-electron chi connectivity index (χ2n) is 5.97. The molecule has 1 aliphatic carbocycles. The summed E-state index contributed by atoms with van der Waals surface area (Å²) in [5.41, 5.74) is 7.90. The summed E-state index contributed by atoms with van der Waals surface area (Å²) in [5, 5.41) is 2.74. The molecule has 0 bridgehead atoms. The van der Waals surface area contributed by atoms with Crippen LogP contribution in [0.3, 0.4) is 0 Å². The first-order valence-corrected chi connectivity index (χ1v) is 8.05. The number of hydrogen-bond donors (Lipinski definition) is 2. The first-order valence-electron chi connectivity index (χ1n) is 8.05. The number of carbonyl (C=O) groups is 3. The molecular formula is C21H14N2O3. The number of ketones is 2. The number of hydrogen-bond acceptors (Lipinski definition) is 4. The highest BCUT2D eigenvalue weighted by atomic mass is 16.2. The molecule has 3 aromatic rings. The number of benzene rings is 3. The van der Waals surface area contributed by atoms with E-state index in [4.69, 9.17) is 5.73 Å². The van der Waals surface area contributed by atoms with Crippen LogP contribution in [0, 0.1) is 0 Å². The fraction of sp³-hybridized carbons (Fsp3) is 0. The molecule has 0 aromatic heterocycles. The first kappa shape index (κ1) is 15.8. The number of nitrogens with two attached hydrogens (primary N) is 1. The summed E-state index contributed by atoms with van der Waals surface area (Å²) in [6.45, 7) is 0. The quantitative estimate of drug-likeness (QED) is 0.547. The number of fused-ring (bicyclic) bond motifs is 2. The molecular weight excluding hydrogens is 328 g/mol. The predicted octanol–water partition coefficient (Wildman–Crippen LogP) is 3.30. The number of nitrogens with one attached hydrogen (secondary N) is 1. The van der Waals surface area contributed by atoms with Gasteiger partial charge >= 0.3 is 0 Å². The molecule has 4 rings (SSSR count). The van der Waals surface area contributed by atoms with E-state index in [0.717, 1.165) is 0 Å². The Kier molecular flexibility index (Phi) is 3.62. The van der Waals surface area contributed by atoms with Crippen LogP contribution in [0.25, 0.3) is 0 Å². The Bertz CT molecular complexity index is 1070. The van der Waals surface area contributed by atoms with E-state index >= 15 is 0 Å². The summed E-state index contributed by atoms with van der Waals surface area (Å²) in [4.78, 5) is 38.1. The van der Waals surface area contributed by atoms with E-state index in [9.17, 15) is 14.4 Å². The van der Waals surface area contributed by atoms with Crippen LogP contribution in [-0.2, 0) is 0 Å². The van der Waals surface area contributed by atoms with E-state index < -0.39 is 5.91 Å². The van der Waals surface area contributed by atoms with Crippen molar-refractivity contribution in [3.05, 3.63) is 94.5 Å². The molecule has 0 fully saturated rings. The zero-order valence-electron chi connectivity index (χ0n) is 13.7. The molecule has 0 saturated heterocycles. The molecule has 0 radical (unpaired) electrons.